The van der Waals surface area contributed by atoms with Crippen molar-refractivity contribution < 1.29 is 0 Å². The normalized spacial score (nSPS) is 21.6. The number of nitrogens with one attached hydrogen (secondary N) is 1. The molecular weight excluding hydrogens is 246 g/mol. The molecule has 1 atom stereocenters. The molecule has 2 aromatic rings. The average molecular weight is 264 g/mol. The zero-order valence-electron chi connectivity index (χ0n) is 10.8. The highest BCUT2D eigenvalue weighted by molar-refractivity contribution is 6.31. The first kappa shape index (κ1) is 12.0. The van der Waals surface area contributed by atoms with Gasteiger partial charge in [0, 0.05) is 54.8 Å². The SMILES string of the molecule is CN1CCNC(c2cn(C)c3ccc(Cl)cc23)C1. The maximum Gasteiger partial charge on any atom is 0.0482 e. The van der Waals surface area contributed by atoms with Crippen LogP contribution in [0.4, 0.5) is 0 Å². The molecule has 18 heavy (non-hydrogen) atoms. The highest BCUT2D eigenvalue weighted by Gasteiger charge is 2.21. The summed E-state index contributed by atoms with van der Waals surface area (Å²) >= 11 is 6.13. The number of rotatable bonds is 1. The fourth-order valence-electron chi connectivity index (χ4n) is 2.78. The predicted molar refractivity (Wildman–Crippen MR) is 76.2 cm³/mol. The molecule has 1 saturated heterocycles. The van der Waals surface area contributed by atoms with E-state index in [9.17, 15) is 0 Å². The molecule has 1 aromatic carbocycles. The average Bonchev–Trinajstić information content (AvgIpc) is 2.66. The summed E-state index contributed by atoms with van der Waals surface area (Å²) in [4.78, 5) is 2.37. The summed E-state index contributed by atoms with van der Waals surface area (Å²) in [5, 5.41) is 5.66. The molecule has 0 radical (unpaired) electrons. The van der Waals surface area contributed by atoms with Gasteiger partial charge in [0.25, 0.3) is 0 Å². The van der Waals surface area contributed by atoms with Crippen molar-refractivity contribution in [3.8, 4) is 0 Å². The molecule has 96 valence electrons. The van der Waals surface area contributed by atoms with E-state index in [1.807, 2.05) is 6.07 Å². The summed E-state index contributed by atoms with van der Waals surface area (Å²) in [6.45, 7) is 3.20. The molecule has 0 aliphatic carbocycles. The van der Waals surface area contributed by atoms with Crippen molar-refractivity contribution >= 4 is 22.5 Å². The van der Waals surface area contributed by atoms with E-state index in [4.69, 9.17) is 11.6 Å². The van der Waals surface area contributed by atoms with Crippen LogP contribution in [0.5, 0.6) is 0 Å². The molecule has 3 nitrogen and oxygen atoms in total. The number of likely N-dealkylation sites (N-methyl/N-ethyl adjacent to an activating group) is 1. The van der Waals surface area contributed by atoms with E-state index in [1.165, 1.54) is 16.5 Å². The van der Waals surface area contributed by atoms with E-state index in [2.05, 4.69) is 47.2 Å². The quantitative estimate of drug-likeness (QED) is 0.853. The van der Waals surface area contributed by atoms with E-state index < -0.39 is 0 Å². The van der Waals surface area contributed by atoms with Crippen molar-refractivity contribution in [2.45, 2.75) is 6.04 Å². The van der Waals surface area contributed by atoms with E-state index in [0.29, 0.717) is 6.04 Å². The molecule has 1 aliphatic rings. The highest BCUT2D eigenvalue weighted by Crippen LogP contribution is 2.29. The van der Waals surface area contributed by atoms with Crippen LogP contribution in [0.3, 0.4) is 0 Å². The molecule has 0 amide bonds. The summed E-state index contributed by atoms with van der Waals surface area (Å²) in [6.07, 6.45) is 2.22. The standard InChI is InChI=1S/C14H18ClN3/c1-17-6-5-16-13(9-17)12-8-18(2)14-4-3-10(15)7-11(12)14/h3-4,7-8,13,16H,5-6,9H2,1-2H3. The Labute approximate surface area is 112 Å². The van der Waals surface area contributed by atoms with Gasteiger partial charge in [-0.3, -0.25) is 0 Å². The van der Waals surface area contributed by atoms with Gasteiger partial charge in [0.05, 0.1) is 0 Å². The van der Waals surface area contributed by atoms with Crippen molar-refractivity contribution in [3.05, 3.63) is 35.0 Å². The van der Waals surface area contributed by atoms with Crippen molar-refractivity contribution in [1.82, 2.24) is 14.8 Å². The zero-order chi connectivity index (χ0) is 12.7. The first-order valence-corrected chi connectivity index (χ1v) is 6.69. The topological polar surface area (TPSA) is 20.2 Å². The van der Waals surface area contributed by atoms with Crippen LogP contribution in [0, 0.1) is 0 Å². The van der Waals surface area contributed by atoms with E-state index in [0.717, 1.165) is 24.7 Å². The van der Waals surface area contributed by atoms with E-state index in [1.54, 1.807) is 0 Å². The molecule has 0 bridgehead atoms. The molecular formula is C14H18ClN3. The zero-order valence-corrected chi connectivity index (χ0v) is 11.5. The van der Waals surface area contributed by atoms with Gasteiger partial charge in [0.2, 0.25) is 0 Å². The number of fused-ring (bicyclic) bond motifs is 1. The van der Waals surface area contributed by atoms with Crippen molar-refractivity contribution in [2.24, 2.45) is 7.05 Å². The Kier molecular flexibility index (Phi) is 3.06. The van der Waals surface area contributed by atoms with E-state index in [-0.39, 0.29) is 0 Å². The number of hydrogen-bond acceptors (Lipinski definition) is 2. The number of aromatic nitrogens is 1. The Bertz CT molecular complexity index is 576. The van der Waals surface area contributed by atoms with Crippen LogP contribution in [-0.2, 0) is 7.05 Å². The first-order chi connectivity index (χ1) is 8.65. The number of aryl methyl sites for hydroxylation is 1. The van der Waals surface area contributed by atoms with Gasteiger partial charge >= 0.3 is 0 Å². The van der Waals surface area contributed by atoms with Crippen LogP contribution < -0.4 is 5.32 Å². The lowest BCUT2D eigenvalue weighted by atomic mass is 10.0. The van der Waals surface area contributed by atoms with Gasteiger partial charge in [0.15, 0.2) is 0 Å². The molecule has 1 fully saturated rings. The minimum Gasteiger partial charge on any atom is -0.350 e. The lowest BCUT2D eigenvalue weighted by Crippen LogP contribution is -2.43. The minimum atomic E-state index is 0.394. The molecule has 3 rings (SSSR count). The van der Waals surface area contributed by atoms with E-state index >= 15 is 0 Å². The van der Waals surface area contributed by atoms with Gasteiger partial charge in [-0.05, 0) is 30.8 Å². The Hall–Kier alpha value is -1.03. The van der Waals surface area contributed by atoms with Gasteiger partial charge in [0.1, 0.15) is 0 Å². The van der Waals surface area contributed by atoms with Crippen LogP contribution in [0.1, 0.15) is 11.6 Å². The summed E-state index contributed by atoms with van der Waals surface area (Å²) in [5.74, 6) is 0. The molecule has 1 N–H and O–H groups in total. The van der Waals surface area contributed by atoms with Gasteiger partial charge in [-0.15, -0.1) is 0 Å². The third kappa shape index (κ3) is 2.03. The maximum absolute atomic E-state index is 6.13. The fourth-order valence-corrected chi connectivity index (χ4v) is 2.95. The Morgan fingerprint density at radius 1 is 1.33 bits per heavy atom. The fraction of sp³-hybridized carbons (Fsp3) is 0.429. The summed E-state index contributed by atoms with van der Waals surface area (Å²) in [6, 6.07) is 6.51. The van der Waals surface area contributed by atoms with Crippen LogP contribution in [-0.4, -0.2) is 36.1 Å². The lowest BCUT2D eigenvalue weighted by Gasteiger charge is -2.30. The van der Waals surface area contributed by atoms with Crippen molar-refractivity contribution in [3.63, 3.8) is 0 Å². The van der Waals surface area contributed by atoms with Crippen molar-refractivity contribution in [2.75, 3.05) is 26.7 Å². The van der Waals surface area contributed by atoms with Crippen LogP contribution in [0.15, 0.2) is 24.4 Å². The third-order valence-corrected chi connectivity index (χ3v) is 3.97. The Balaban J connectivity index is 2.08. The molecule has 4 heteroatoms. The van der Waals surface area contributed by atoms with Crippen molar-refractivity contribution in [1.29, 1.82) is 0 Å². The second-order valence-electron chi connectivity index (χ2n) is 5.13. The summed E-state index contributed by atoms with van der Waals surface area (Å²) in [7, 11) is 4.26. The summed E-state index contributed by atoms with van der Waals surface area (Å²) in [5.41, 5.74) is 2.59. The minimum absolute atomic E-state index is 0.394. The first-order valence-electron chi connectivity index (χ1n) is 6.31. The van der Waals surface area contributed by atoms with Crippen LogP contribution in [0.25, 0.3) is 10.9 Å². The molecule has 1 unspecified atom stereocenters. The number of hydrogen-bond donors (Lipinski definition) is 1. The predicted octanol–water partition coefficient (Wildman–Crippen LogP) is 2.41. The van der Waals surface area contributed by atoms with Crippen LogP contribution in [0.2, 0.25) is 5.02 Å². The summed E-state index contributed by atoms with van der Waals surface area (Å²) < 4.78 is 2.18. The van der Waals surface area contributed by atoms with Gasteiger partial charge in [-0.25, -0.2) is 0 Å². The van der Waals surface area contributed by atoms with Gasteiger partial charge < -0.3 is 14.8 Å². The van der Waals surface area contributed by atoms with Gasteiger partial charge in [-0.2, -0.15) is 0 Å². The largest absolute Gasteiger partial charge is 0.350 e. The molecule has 1 aromatic heterocycles. The Morgan fingerprint density at radius 2 is 2.17 bits per heavy atom. The molecule has 0 spiro atoms. The monoisotopic (exact) mass is 263 g/mol. The third-order valence-electron chi connectivity index (χ3n) is 3.74. The number of benzene rings is 1. The number of piperazine rings is 1. The van der Waals surface area contributed by atoms with Crippen LogP contribution >= 0.6 is 11.6 Å². The Morgan fingerprint density at radius 3 is 2.94 bits per heavy atom. The maximum atomic E-state index is 6.13. The smallest absolute Gasteiger partial charge is 0.0482 e. The molecule has 1 aliphatic heterocycles. The molecule has 0 saturated carbocycles. The number of halogens is 1. The van der Waals surface area contributed by atoms with Gasteiger partial charge in [-0.1, -0.05) is 11.6 Å². The second-order valence-corrected chi connectivity index (χ2v) is 5.56. The second kappa shape index (κ2) is 4.57. The molecule has 2 heterocycles. The highest BCUT2D eigenvalue weighted by atomic mass is 35.5. The lowest BCUT2D eigenvalue weighted by molar-refractivity contribution is 0.241. The number of nitrogens with zero attached hydrogens (tertiary/aromatic N) is 2.